The van der Waals surface area contributed by atoms with Gasteiger partial charge in [0.2, 0.25) is 0 Å². The van der Waals surface area contributed by atoms with Crippen molar-refractivity contribution in [3.05, 3.63) is 105 Å². The molecule has 0 spiro atoms. The van der Waals surface area contributed by atoms with Gasteiger partial charge in [0, 0.05) is 17.5 Å². The normalized spacial score (nSPS) is 12.0. The van der Waals surface area contributed by atoms with Crippen LogP contribution in [-0.4, -0.2) is 12.2 Å². The third-order valence-corrected chi connectivity index (χ3v) is 5.37. The van der Waals surface area contributed by atoms with Gasteiger partial charge in [0.05, 0.1) is 11.0 Å². The Balaban J connectivity index is 2.27. The van der Waals surface area contributed by atoms with Gasteiger partial charge in [-0.2, -0.15) is 0 Å². The number of rotatable bonds is 7. The number of nitrogen functional groups attached to an aromatic ring is 1. The van der Waals surface area contributed by atoms with Gasteiger partial charge in [-0.05, 0) is 70.2 Å². The molecule has 0 bridgehead atoms. The summed E-state index contributed by atoms with van der Waals surface area (Å²) >= 11 is 6.40. The molecule has 3 aromatic carbocycles. The number of carbonyl (C=O) groups excluding carboxylic acids is 1. The van der Waals surface area contributed by atoms with E-state index >= 15 is 0 Å². The number of hydrogen-bond donors (Lipinski definition) is 2. The van der Waals surface area contributed by atoms with Gasteiger partial charge in [-0.1, -0.05) is 61.0 Å². The molecule has 0 aliphatic carbocycles. The number of hydrogen-bond acceptors (Lipinski definition) is 4. The highest BCUT2D eigenvalue weighted by Gasteiger charge is 2.16. The van der Waals surface area contributed by atoms with Gasteiger partial charge >= 0.3 is 0 Å². The number of carbonyl (C=O) groups is 1. The van der Waals surface area contributed by atoms with E-state index in [2.05, 4.69) is 0 Å². The molecule has 0 aliphatic heterocycles. The lowest BCUT2D eigenvalue weighted by Crippen LogP contribution is -2.18. The molecule has 0 amide bonds. The molecule has 162 valence electrons. The summed E-state index contributed by atoms with van der Waals surface area (Å²) in [6, 6.07) is 17.1. The van der Waals surface area contributed by atoms with E-state index in [1.165, 1.54) is 24.4 Å². The number of nitrogens with one attached hydrogen (secondary N) is 1. The molecule has 32 heavy (non-hydrogen) atoms. The van der Waals surface area contributed by atoms with Crippen molar-refractivity contribution in [2.45, 2.75) is 13.3 Å². The predicted octanol–water partition coefficient (Wildman–Crippen LogP) is 5.19. The van der Waals surface area contributed by atoms with E-state index < -0.39 is 11.8 Å². The van der Waals surface area contributed by atoms with Crippen molar-refractivity contribution in [1.82, 2.24) is 0 Å². The lowest BCUT2D eigenvalue weighted by molar-refractivity contribution is -0.297. The first kappa shape index (κ1) is 23.0. The van der Waals surface area contributed by atoms with Crippen molar-refractivity contribution < 1.29 is 14.3 Å². The van der Waals surface area contributed by atoms with E-state index in [4.69, 9.17) is 22.7 Å². The van der Waals surface area contributed by atoms with Gasteiger partial charge in [-0.25, -0.2) is 4.39 Å². The molecule has 0 aromatic heterocycles. The molecule has 0 fully saturated rings. The number of halogens is 2. The monoisotopic (exact) mass is 447 g/mol. The Hall–Kier alpha value is -3.70. The van der Waals surface area contributed by atoms with Crippen LogP contribution in [0.25, 0.3) is 17.2 Å². The van der Waals surface area contributed by atoms with Crippen LogP contribution in [-0.2, 0) is 4.79 Å². The Morgan fingerprint density at radius 2 is 1.78 bits per heavy atom. The Bertz CT molecular complexity index is 1230. The second-order valence-electron chi connectivity index (χ2n) is 7.09. The summed E-state index contributed by atoms with van der Waals surface area (Å²) in [6.45, 7) is 1.99. The average Bonchev–Trinajstić information content (AvgIpc) is 2.78. The molecule has 3 rings (SSSR count). The standard InChI is InChI=1S/C26H22ClFN2O2/c1-2-21(22-10-9-20(28)14-23(22)27)26(18-8-11-24(30)19(13-18)15-29)17-6-3-16(4-7-17)5-12-25(31)32/h3-15,29H,2,30H2,1H3,(H,31,32)/p-1/b12-5+,26-21+,29-15?. The second-order valence-corrected chi connectivity index (χ2v) is 7.50. The lowest BCUT2D eigenvalue weighted by Gasteiger charge is -2.18. The van der Waals surface area contributed by atoms with Gasteiger partial charge in [0.25, 0.3) is 0 Å². The van der Waals surface area contributed by atoms with E-state index in [1.54, 1.807) is 24.3 Å². The van der Waals surface area contributed by atoms with Crippen LogP contribution in [0.3, 0.4) is 0 Å². The molecule has 0 radical (unpaired) electrons. The van der Waals surface area contributed by atoms with Gasteiger partial charge in [-0.15, -0.1) is 0 Å². The van der Waals surface area contributed by atoms with Crippen LogP contribution >= 0.6 is 11.6 Å². The van der Waals surface area contributed by atoms with Gasteiger partial charge < -0.3 is 21.0 Å². The number of aliphatic carboxylic acids is 1. The fourth-order valence-corrected chi connectivity index (χ4v) is 3.81. The van der Waals surface area contributed by atoms with Crippen molar-refractivity contribution >= 4 is 46.7 Å². The zero-order chi connectivity index (χ0) is 23.3. The summed E-state index contributed by atoms with van der Waals surface area (Å²) in [4.78, 5) is 10.7. The van der Waals surface area contributed by atoms with E-state index in [1.807, 2.05) is 31.2 Å². The zero-order valence-electron chi connectivity index (χ0n) is 17.4. The molecule has 3 aromatic rings. The van der Waals surface area contributed by atoms with Crippen molar-refractivity contribution in [2.24, 2.45) is 0 Å². The molecule has 3 N–H and O–H groups in total. The molecule has 0 atom stereocenters. The van der Waals surface area contributed by atoms with Crippen LogP contribution in [0, 0.1) is 11.2 Å². The van der Waals surface area contributed by atoms with Crippen LogP contribution in [0.4, 0.5) is 10.1 Å². The number of carboxylic acid groups (broad SMARTS) is 1. The van der Waals surface area contributed by atoms with Gasteiger partial charge in [0.15, 0.2) is 0 Å². The Kier molecular flexibility index (Phi) is 7.23. The van der Waals surface area contributed by atoms with Crippen LogP contribution < -0.4 is 10.8 Å². The Morgan fingerprint density at radius 3 is 2.38 bits per heavy atom. The number of nitrogens with two attached hydrogens (primary N) is 1. The van der Waals surface area contributed by atoms with E-state index in [-0.39, 0.29) is 0 Å². The van der Waals surface area contributed by atoms with Crippen LogP contribution in [0.2, 0.25) is 5.02 Å². The fourth-order valence-electron chi connectivity index (χ4n) is 3.53. The minimum Gasteiger partial charge on any atom is -0.545 e. The summed E-state index contributed by atoms with van der Waals surface area (Å²) in [7, 11) is 0. The molecule has 0 unspecified atom stereocenters. The maximum absolute atomic E-state index is 13.7. The maximum atomic E-state index is 13.7. The predicted molar refractivity (Wildman–Crippen MR) is 127 cm³/mol. The van der Waals surface area contributed by atoms with Crippen molar-refractivity contribution in [1.29, 1.82) is 5.41 Å². The molecule has 0 saturated carbocycles. The molecular formula is C26H21ClFN2O2-. The summed E-state index contributed by atoms with van der Waals surface area (Å²) in [5.74, 6) is -1.69. The Labute approximate surface area is 191 Å². The summed E-state index contributed by atoms with van der Waals surface area (Å²) in [5.41, 5.74) is 11.9. The van der Waals surface area contributed by atoms with Gasteiger partial charge in [0.1, 0.15) is 5.82 Å². The van der Waals surface area contributed by atoms with Crippen LogP contribution in [0.5, 0.6) is 0 Å². The highest BCUT2D eigenvalue weighted by Crippen LogP contribution is 2.38. The molecular weight excluding hydrogens is 427 g/mol. The summed E-state index contributed by atoms with van der Waals surface area (Å²) in [5, 5.41) is 18.7. The molecule has 0 aliphatic rings. The van der Waals surface area contributed by atoms with E-state index in [9.17, 15) is 14.3 Å². The quantitative estimate of drug-likeness (QED) is 0.226. The van der Waals surface area contributed by atoms with Crippen molar-refractivity contribution in [3.63, 3.8) is 0 Å². The average molecular weight is 448 g/mol. The minimum atomic E-state index is -1.27. The first-order valence-corrected chi connectivity index (χ1v) is 10.3. The Morgan fingerprint density at radius 1 is 1.09 bits per heavy atom. The first-order chi connectivity index (χ1) is 15.3. The van der Waals surface area contributed by atoms with Crippen molar-refractivity contribution in [3.8, 4) is 0 Å². The number of benzene rings is 3. The molecule has 6 heteroatoms. The lowest BCUT2D eigenvalue weighted by atomic mass is 9.87. The third-order valence-electron chi connectivity index (χ3n) is 5.05. The maximum Gasteiger partial charge on any atom is 0.124 e. The largest absolute Gasteiger partial charge is 0.545 e. The van der Waals surface area contributed by atoms with Gasteiger partial charge in [-0.3, -0.25) is 0 Å². The smallest absolute Gasteiger partial charge is 0.124 e. The van der Waals surface area contributed by atoms with Crippen molar-refractivity contribution in [2.75, 3.05) is 5.73 Å². The number of anilines is 1. The highest BCUT2D eigenvalue weighted by atomic mass is 35.5. The first-order valence-electron chi connectivity index (χ1n) is 9.92. The van der Waals surface area contributed by atoms with Crippen LogP contribution in [0.1, 0.15) is 41.2 Å². The number of allylic oxidation sites excluding steroid dienone is 1. The molecule has 0 heterocycles. The van der Waals surface area contributed by atoms with E-state index in [0.717, 1.165) is 28.3 Å². The SMILES string of the molecule is CC/C(=C(/c1ccc(/C=C/C(=O)[O-])cc1)c1ccc(N)c(C=N)c1)c1ccc(F)cc1Cl. The highest BCUT2D eigenvalue weighted by molar-refractivity contribution is 6.32. The summed E-state index contributed by atoms with van der Waals surface area (Å²) in [6.07, 6.45) is 4.23. The molecule has 0 saturated heterocycles. The second kappa shape index (κ2) is 10.1. The fraction of sp³-hybridized carbons (Fsp3) is 0.0769. The van der Waals surface area contributed by atoms with E-state index in [0.29, 0.717) is 33.8 Å². The minimum absolute atomic E-state index is 0.301. The summed E-state index contributed by atoms with van der Waals surface area (Å²) < 4.78 is 13.7. The molecule has 4 nitrogen and oxygen atoms in total. The topological polar surface area (TPSA) is 90.0 Å². The zero-order valence-corrected chi connectivity index (χ0v) is 18.1. The number of carboxylic acids is 1. The van der Waals surface area contributed by atoms with Crippen LogP contribution in [0.15, 0.2) is 66.7 Å². The third kappa shape index (κ3) is 5.13.